The Labute approximate surface area is 170 Å². The molecule has 1 aromatic rings. The Bertz CT molecular complexity index is 693. The van der Waals surface area contributed by atoms with Gasteiger partial charge in [0, 0.05) is 18.1 Å². The molecule has 3 N–H and O–H groups in total. The van der Waals surface area contributed by atoms with Crippen molar-refractivity contribution < 1.29 is 23.9 Å². The summed E-state index contributed by atoms with van der Waals surface area (Å²) in [7, 11) is 0. The lowest BCUT2D eigenvalue weighted by atomic mass is 10.1. The van der Waals surface area contributed by atoms with Gasteiger partial charge >= 0.3 is 6.09 Å². The zero-order valence-electron chi connectivity index (χ0n) is 16.9. The normalized spacial score (nSPS) is 10.8. The lowest BCUT2D eigenvalue weighted by Gasteiger charge is -2.19. The number of carbonyl (C=O) groups excluding carboxylic acids is 3. The van der Waals surface area contributed by atoms with E-state index in [1.54, 1.807) is 32.9 Å². The molecule has 28 heavy (non-hydrogen) atoms. The summed E-state index contributed by atoms with van der Waals surface area (Å²) in [5.41, 5.74) is 1.12. The molecule has 156 valence electrons. The molecule has 0 heterocycles. The highest BCUT2D eigenvalue weighted by Gasteiger charge is 2.16. The monoisotopic (exact) mass is 413 g/mol. The van der Waals surface area contributed by atoms with E-state index < -0.39 is 11.7 Å². The van der Waals surface area contributed by atoms with Crippen LogP contribution in [0.15, 0.2) is 12.1 Å². The van der Waals surface area contributed by atoms with Crippen molar-refractivity contribution in [1.29, 1.82) is 0 Å². The van der Waals surface area contributed by atoms with Crippen LogP contribution in [-0.4, -0.2) is 49.7 Å². The molecule has 1 rings (SSSR count). The van der Waals surface area contributed by atoms with Crippen LogP contribution in [0.25, 0.3) is 0 Å². The van der Waals surface area contributed by atoms with Crippen molar-refractivity contribution >= 4 is 29.5 Å². The highest BCUT2D eigenvalue weighted by Crippen LogP contribution is 2.25. The summed E-state index contributed by atoms with van der Waals surface area (Å²) in [6.45, 7) is 9.02. The molecule has 0 aliphatic heterocycles. The Morgan fingerprint density at radius 1 is 0.964 bits per heavy atom. The third kappa shape index (κ3) is 9.45. The van der Waals surface area contributed by atoms with Gasteiger partial charge in [0.15, 0.2) is 6.61 Å². The van der Waals surface area contributed by atoms with Crippen LogP contribution in [0.4, 0.5) is 4.79 Å². The molecule has 1 aromatic carbocycles. The van der Waals surface area contributed by atoms with Gasteiger partial charge in [0.25, 0.3) is 5.91 Å². The minimum atomic E-state index is -0.666. The molecule has 0 aliphatic rings. The molecule has 0 atom stereocenters. The van der Waals surface area contributed by atoms with Gasteiger partial charge in [0.05, 0.1) is 6.54 Å². The number of hydrogen-bond donors (Lipinski definition) is 3. The number of ether oxygens (including phenoxy) is 2. The van der Waals surface area contributed by atoms with E-state index in [1.165, 1.54) is 0 Å². The second kappa shape index (κ2) is 10.8. The van der Waals surface area contributed by atoms with Crippen LogP contribution in [0.1, 0.15) is 31.9 Å². The molecule has 0 aliphatic carbocycles. The van der Waals surface area contributed by atoms with Crippen LogP contribution >= 0.6 is 11.6 Å². The van der Waals surface area contributed by atoms with E-state index in [2.05, 4.69) is 16.0 Å². The molecule has 0 fully saturated rings. The number of nitrogens with one attached hydrogen (secondary N) is 3. The third-order valence-corrected chi connectivity index (χ3v) is 3.94. The van der Waals surface area contributed by atoms with Crippen LogP contribution in [0.3, 0.4) is 0 Å². The number of amides is 3. The first-order valence-electron chi connectivity index (χ1n) is 8.87. The van der Waals surface area contributed by atoms with Crippen molar-refractivity contribution in [3.05, 3.63) is 28.3 Å². The van der Waals surface area contributed by atoms with Crippen molar-refractivity contribution in [2.45, 2.75) is 40.2 Å². The van der Waals surface area contributed by atoms with Crippen LogP contribution in [-0.2, 0) is 14.3 Å². The summed E-state index contributed by atoms with van der Waals surface area (Å²) in [5, 5.41) is 8.22. The van der Waals surface area contributed by atoms with Crippen molar-refractivity contribution in [3.8, 4) is 5.75 Å². The van der Waals surface area contributed by atoms with Crippen molar-refractivity contribution in [2.75, 3.05) is 26.2 Å². The van der Waals surface area contributed by atoms with E-state index >= 15 is 0 Å². The Kier molecular flexibility index (Phi) is 9.05. The highest BCUT2D eigenvalue weighted by molar-refractivity contribution is 6.32. The van der Waals surface area contributed by atoms with Gasteiger partial charge in [0.1, 0.15) is 11.4 Å². The molecular formula is C19H28ClN3O5. The number of rotatable bonds is 8. The molecule has 3 amide bonds. The summed E-state index contributed by atoms with van der Waals surface area (Å²) in [5.74, 6) is -0.133. The van der Waals surface area contributed by atoms with E-state index in [0.717, 1.165) is 11.1 Å². The lowest BCUT2D eigenvalue weighted by Crippen LogP contribution is -2.42. The predicted molar refractivity (Wildman–Crippen MR) is 107 cm³/mol. The molecule has 0 saturated carbocycles. The van der Waals surface area contributed by atoms with Gasteiger partial charge in [-0.15, -0.1) is 0 Å². The maximum atomic E-state index is 11.8. The van der Waals surface area contributed by atoms with Gasteiger partial charge < -0.3 is 25.4 Å². The largest absolute Gasteiger partial charge is 0.484 e. The molecule has 8 nitrogen and oxygen atoms in total. The quantitative estimate of drug-likeness (QED) is 0.566. The molecule has 9 heteroatoms. The fraction of sp³-hybridized carbons (Fsp3) is 0.526. The average molecular weight is 414 g/mol. The summed E-state index contributed by atoms with van der Waals surface area (Å²) >= 11 is 6.09. The molecule has 0 spiro atoms. The first kappa shape index (κ1) is 23.6. The predicted octanol–water partition coefficient (Wildman–Crippen LogP) is 2.09. The number of benzene rings is 1. The summed E-state index contributed by atoms with van der Waals surface area (Å²) in [6, 6.07) is 3.53. The first-order valence-corrected chi connectivity index (χ1v) is 9.25. The number of alkyl carbamates (subject to hydrolysis) is 1. The van der Waals surface area contributed by atoms with Gasteiger partial charge in [-0.3, -0.25) is 9.59 Å². The minimum absolute atomic E-state index is 0.144. The van der Waals surface area contributed by atoms with E-state index in [-0.39, 0.29) is 38.1 Å². The number of aryl methyl sites for hydroxylation is 2. The topological polar surface area (TPSA) is 106 Å². The molecule has 0 radical (unpaired) electrons. The molecule has 0 saturated heterocycles. The van der Waals surface area contributed by atoms with Gasteiger partial charge in [-0.05, 0) is 57.9 Å². The van der Waals surface area contributed by atoms with Crippen molar-refractivity contribution in [1.82, 2.24) is 16.0 Å². The second-order valence-corrected chi connectivity index (χ2v) is 7.59. The van der Waals surface area contributed by atoms with Gasteiger partial charge in [0.2, 0.25) is 5.91 Å². The van der Waals surface area contributed by atoms with E-state index in [0.29, 0.717) is 10.8 Å². The van der Waals surface area contributed by atoms with Crippen LogP contribution in [0.5, 0.6) is 5.75 Å². The lowest BCUT2D eigenvalue weighted by molar-refractivity contribution is -0.123. The molecule has 0 bridgehead atoms. The molecule has 0 unspecified atom stereocenters. The Balaban J connectivity index is 2.19. The Morgan fingerprint density at radius 2 is 1.50 bits per heavy atom. The summed E-state index contributed by atoms with van der Waals surface area (Å²) in [4.78, 5) is 34.9. The van der Waals surface area contributed by atoms with Gasteiger partial charge in [-0.2, -0.15) is 0 Å². The maximum absolute atomic E-state index is 11.8. The standard InChI is InChI=1S/C19H28ClN3O5/c1-12-8-14(9-13(2)17(12)20)27-11-16(25)22-7-6-21-15(24)10-23-18(26)28-19(3,4)5/h8-9H,6-7,10-11H2,1-5H3,(H,21,24)(H,22,25)(H,23,26). The fourth-order valence-corrected chi connectivity index (χ4v) is 2.23. The number of carbonyl (C=O) groups is 3. The maximum Gasteiger partial charge on any atom is 0.408 e. The van der Waals surface area contributed by atoms with Crippen LogP contribution in [0, 0.1) is 13.8 Å². The van der Waals surface area contributed by atoms with Crippen LogP contribution in [0.2, 0.25) is 5.02 Å². The molecular weight excluding hydrogens is 386 g/mol. The summed E-state index contributed by atoms with van der Waals surface area (Å²) < 4.78 is 10.5. The second-order valence-electron chi connectivity index (χ2n) is 7.22. The van der Waals surface area contributed by atoms with E-state index in [4.69, 9.17) is 21.1 Å². The van der Waals surface area contributed by atoms with Crippen molar-refractivity contribution in [3.63, 3.8) is 0 Å². The van der Waals surface area contributed by atoms with E-state index in [1.807, 2.05) is 13.8 Å². The van der Waals surface area contributed by atoms with Gasteiger partial charge in [-0.25, -0.2) is 4.79 Å². The zero-order chi connectivity index (χ0) is 21.3. The fourth-order valence-electron chi connectivity index (χ4n) is 2.12. The van der Waals surface area contributed by atoms with E-state index in [9.17, 15) is 14.4 Å². The first-order chi connectivity index (χ1) is 13.0. The summed E-state index contributed by atoms with van der Waals surface area (Å²) in [6.07, 6.45) is -0.666. The van der Waals surface area contributed by atoms with Crippen LogP contribution < -0.4 is 20.7 Å². The number of hydrogen-bond acceptors (Lipinski definition) is 5. The SMILES string of the molecule is Cc1cc(OCC(=O)NCCNC(=O)CNC(=O)OC(C)(C)C)cc(C)c1Cl. The van der Waals surface area contributed by atoms with Crippen molar-refractivity contribution in [2.24, 2.45) is 0 Å². The number of halogens is 1. The Morgan fingerprint density at radius 3 is 2.04 bits per heavy atom. The third-order valence-electron chi connectivity index (χ3n) is 3.34. The minimum Gasteiger partial charge on any atom is -0.484 e. The zero-order valence-corrected chi connectivity index (χ0v) is 17.7. The molecule has 0 aromatic heterocycles. The smallest absolute Gasteiger partial charge is 0.408 e. The highest BCUT2D eigenvalue weighted by atomic mass is 35.5. The average Bonchev–Trinajstić information content (AvgIpc) is 2.58. The van der Waals surface area contributed by atoms with Gasteiger partial charge in [-0.1, -0.05) is 11.6 Å². The Hall–Kier alpha value is -2.48.